The Labute approximate surface area is 215 Å². The number of aryl methyl sites for hydroxylation is 3. The number of aromatic nitrogens is 6. The molecule has 6 heteroatoms. The van der Waals surface area contributed by atoms with Gasteiger partial charge in [-0.3, -0.25) is 0 Å². The highest BCUT2D eigenvalue weighted by atomic mass is 14.9. The van der Waals surface area contributed by atoms with E-state index in [0.717, 1.165) is 22.3 Å². The van der Waals surface area contributed by atoms with Crippen molar-refractivity contribution in [3.05, 3.63) is 69.6 Å². The zero-order valence-corrected chi connectivity index (χ0v) is 20.7. The van der Waals surface area contributed by atoms with E-state index in [-0.39, 0.29) is 58.3 Å². The summed E-state index contributed by atoms with van der Waals surface area (Å²) in [7, 11) is 0. The van der Waals surface area contributed by atoms with Gasteiger partial charge in [0, 0.05) is 0 Å². The fraction of sp³-hybridized carbons (Fsp3) is 0.200. The summed E-state index contributed by atoms with van der Waals surface area (Å²) in [4.78, 5) is 29.5. The molecule has 4 aromatic carbocycles. The normalized spacial score (nSPS) is 14.5. The van der Waals surface area contributed by atoms with Crippen LogP contribution in [0.3, 0.4) is 0 Å². The van der Waals surface area contributed by atoms with Gasteiger partial charge in [-0.25, -0.2) is 29.9 Å². The van der Waals surface area contributed by atoms with E-state index in [1.165, 1.54) is 0 Å². The second kappa shape index (κ2) is 7.10. The van der Waals surface area contributed by atoms with Crippen LogP contribution < -0.4 is 0 Å². The SMILES string of the molecule is [3H]c1c([3H])c(C)c2nc3c(nc2c1[3H])c1nc2c([3H])c([3H])c(C)c(C)c2nc1c1nc2c(C)c(C)c(C)c([3H])c2nc31. The van der Waals surface area contributed by atoms with E-state index in [9.17, 15) is 0 Å². The molecule has 6 nitrogen and oxygen atoms in total. The summed E-state index contributed by atoms with van der Waals surface area (Å²) >= 11 is 0. The molecule has 0 aliphatic rings. The van der Waals surface area contributed by atoms with Gasteiger partial charge in [0.25, 0.3) is 0 Å². The fourth-order valence-electron chi connectivity index (χ4n) is 4.74. The lowest BCUT2D eigenvalue weighted by Gasteiger charge is -2.13. The number of para-hydroxylation sites is 1. The Balaban J connectivity index is 1.84. The lowest BCUT2D eigenvalue weighted by atomic mass is 10.0. The lowest BCUT2D eigenvalue weighted by molar-refractivity contribution is 1.25. The van der Waals surface area contributed by atoms with Crippen LogP contribution in [0, 0.1) is 41.5 Å². The van der Waals surface area contributed by atoms with Gasteiger partial charge in [0.05, 0.1) is 41.3 Å². The van der Waals surface area contributed by atoms with Gasteiger partial charge in [-0.05, 0) is 93.1 Å². The quantitative estimate of drug-likeness (QED) is 0.175. The van der Waals surface area contributed by atoms with Crippen molar-refractivity contribution < 1.29 is 8.22 Å². The van der Waals surface area contributed by atoms with Crippen molar-refractivity contribution in [3.63, 3.8) is 0 Å². The summed E-state index contributed by atoms with van der Waals surface area (Å²) in [5.74, 6) is 0. The molecule has 0 aliphatic heterocycles. The third-order valence-corrected chi connectivity index (χ3v) is 7.22. The van der Waals surface area contributed by atoms with Crippen molar-refractivity contribution in [1.82, 2.24) is 29.9 Å². The number of hydrogen-bond donors (Lipinski definition) is 0. The second-order valence-electron chi connectivity index (χ2n) is 9.35. The molecule has 0 spiro atoms. The Morgan fingerprint density at radius 1 is 0.417 bits per heavy atom. The standard InChI is InChI=1S/C30H24N6/c1-13-10-11-20-23(17(13)5)35-29-26(32-20)25-28(34-22-14(2)8-7-9-19(22)31-25)27-30(29)36-24-18(6)16(4)15(3)12-21(24)33-27/h7-12H,1-6H3/i7T,8T,9T,10T,11T,12T. The topological polar surface area (TPSA) is 77.3 Å². The first-order valence-electron chi connectivity index (χ1n) is 14.7. The molecule has 0 N–H and O–H groups in total. The summed E-state index contributed by atoms with van der Waals surface area (Å²) in [5.41, 5.74) is 8.58. The molecule has 0 aliphatic carbocycles. The second-order valence-corrected chi connectivity index (χ2v) is 9.35. The summed E-state index contributed by atoms with van der Waals surface area (Å²) in [6.45, 7) is 11.1. The average Bonchev–Trinajstić information content (AvgIpc) is 3.00. The molecule has 3 aromatic heterocycles. The Hall–Kier alpha value is -4.32. The molecule has 0 saturated carbocycles. The van der Waals surface area contributed by atoms with Crippen LogP contribution in [-0.2, 0) is 0 Å². The first-order chi connectivity index (χ1) is 19.8. The molecular weight excluding hydrogens is 444 g/mol. The van der Waals surface area contributed by atoms with Gasteiger partial charge in [0.2, 0.25) is 0 Å². The molecule has 0 bridgehead atoms. The number of nitrogens with zero attached hydrogens (tertiary/aromatic N) is 6. The van der Waals surface area contributed by atoms with Gasteiger partial charge < -0.3 is 0 Å². The third-order valence-electron chi connectivity index (χ3n) is 7.22. The molecule has 7 rings (SSSR count). The van der Waals surface area contributed by atoms with Crippen molar-refractivity contribution in [2.45, 2.75) is 41.5 Å². The van der Waals surface area contributed by atoms with E-state index in [1.54, 1.807) is 13.8 Å². The van der Waals surface area contributed by atoms with Gasteiger partial charge in [0.1, 0.15) is 33.1 Å². The predicted octanol–water partition coefficient (Wildman–Crippen LogP) is 6.83. The average molecular weight is 481 g/mol. The van der Waals surface area contributed by atoms with E-state index in [0.29, 0.717) is 55.3 Å². The number of hydrogen-bond acceptors (Lipinski definition) is 6. The summed E-state index contributed by atoms with van der Waals surface area (Å²) < 4.78 is 51.2. The first kappa shape index (κ1) is 15.6. The van der Waals surface area contributed by atoms with E-state index < -0.39 is 0 Å². The molecule has 0 amide bonds. The highest BCUT2D eigenvalue weighted by Crippen LogP contribution is 2.35. The highest BCUT2D eigenvalue weighted by Gasteiger charge is 2.20. The first-order valence-corrected chi connectivity index (χ1v) is 11.7. The van der Waals surface area contributed by atoms with Gasteiger partial charge in [-0.1, -0.05) is 18.1 Å². The molecule has 0 unspecified atom stereocenters. The van der Waals surface area contributed by atoms with Crippen LogP contribution in [-0.4, -0.2) is 29.9 Å². The molecule has 0 atom stereocenters. The van der Waals surface area contributed by atoms with Crippen LogP contribution in [0.15, 0.2) is 36.3 Å². The summed E-state index contributed by atoms with van der Waals surface area (Å²) in [5, 5.41) is 0. The predicted molar refractivity (Wildman–Crippen MR) is 147 cm³/mol. The van der Waals surface area contributed by atoms with Crippen LogP contribution in [0.4, 0.5) is 0 Å². The molecule has 7 aromatic rings. The molecule has 0 saturated heterocycles. The Morgan fingerprint density at radius 2 is 0.944 bits per heavy atom. The summed E-state index contributed by atoms with van der Waals surface area (Å²) in [6, 6.07) is -0.302. The molecule has 36 heavy (non-hydrogen) atoms. The van der Waals surface area contributed by atoms with Crippen LogP contribution in [0.1, 0.15) is 41.6 Å². The molecule has 174 valence electrons. The highest BCUT2D eigenvalue weighted by molar-refractivity contribution is 6.21. The minimum absolute atomic E-state index is 0.0563. The van der Waals surface area contributed by atoms with Crippen molar-refractivity contribution in [1.29, 1.82) is 0 Å². The van der Waals surface area contributed by atoms with E-state index in [4.69, 9.17) is 38.1 Å². The maximum absolute atomic E-state index is 8.84. The fourth-order valence-corrected chi connectivity index (χ4v) is 4.74. The number of benzene rings is 4. The van der Waals surface area contributed by atoms with Crippen molar-refractivity contribution in [3.8, 4) is 0 Å². The Bertz CT molecular complexity index is 1970. The number of rotatable bonds is 0. The van der Waals surface area contributed by atoms with E-state index in [1.807, 2.05) is 27.7 Å². The smallest absolute Gasteiger partial charge is 0.120 e. The third kappa shape index (κ3) is 2.72. The van der Waals surface area contributed by atoms with E-state index >= 15 is 0 Å². The van der Waals surface area contributed by atoms with Gasteiger partial charge in [-0.15, -0.1) is 0 Å². The zero-order valence-electron chi connectivity index (χ0n) is 26.7. The monoisotopic (exact) mass is 480 g/mol. The zero-order chi connectivity index (χ0) is 30.1. The minimum Gasteiger partial charge on any atom is -0.242 e. The minimum atomic E-state index is -0.250. The van der Waals surface area contributed by atoms with Crippen LogP contribution >= 0.6 is 0 Å². The van der Waals surface area contributed by atoms with Crippen LogP contribution in [0.25, 0.3) is 66.2 Å². The number of fused-ring (bicyclic) bond motifs is 9. The molecule has 0 radical (unpaired) electrons. The Morgan fingerprint density at radius 3 is 1.61 bits per heavy atom. The lowest BCUT2D eigenvalue weighted by Crippen LogP contribution is -2.01. The van der Waals surface area contributed by atoms with E-state index in [2.05, 4.69) is 0 Å². The van der Waals surface area contributed by atoms with Gasteiger partial charge in [-0.2, -0.15) is 0 Å². The van der Waals surface area contributed by atoms with Crippen LogP contribution in [0.5, 0.6) is 0 Å². The van der Waals surface area contributed by atoms with Gasteiger partial charge in [0.15, 0.2) is 0 Å². The maximum atomic E-state index is 8.84. The summed E-state index contributed by atoms with van der Waals surface area (Å²) in [6.07, 6.45) is 0. The van der Waals surface area contributed by atoms with Crippen molar-refractivity contribution in [2.24, 2.45) is 0 Å². The molecule has 3 heterocycles. The van der Waals surface area contributed by atoms with Crippen molar-refractivity contribution >= 4 is 66.2 Å². The largest absolute Gasteiger partial charge is 0.242 e. The Kier molecular flexibility index (Phi) is 3.08. The molecule has 0 fully saturated rings. The maximum Gasteiger partial charge on any atom is 0.120 e. The van der Waals surface area contributed by atoms with Crippen LogP contribution in [0.2, 0.25) is 0 Å². The van der Waals surface area contributed by atoms with Crippen molar-refractivity contribution in [2.75, 3.05) is 0 Å². The molecular formula is C30H24N6. The van der Waals surface area contributed by atoms with Gasteiger partial charge >= 0.3 is 0 Å².